The highest BCUT2D eigenvalue weighted by Crippen LogP contribution is 2.34. The van der Waals surface area contributed by atoms with Crippen LogP contribution in [0.4, 0.5) is 29.3 Å². The smallest absolute Gasteiger partial charge is 0.378 e. The zero-order valence-electron chi connectivity index (χ0n) is 16.7. The summed E-state index contributed by atoms with van der Waals surface area (Å²) in [5, 5.41) is 4.48. The minimum Gasteiger partial charge on any atom is -0.378 e. The fraction of sp³-hybridized carbons (Fsp3) is 0.190. The summed E-state index contributed by atoms with van der Waals surface area (Å²) in [6.45, 7) is -0.728. The van der Waals surface area contributed by atoms with Crippen LogP contribution in [0.25, 0.3) is 6.08 Å². The molecule has 0 spiro atoms. The van der Waals surface area contributed by atoms with Gasteiger partial charge in [-0.2, -0.15) is 13.2 Å². The molecule has 0 aromatic heterocycles. The summed E-state index contributed by atoms with van der Waals surface area (Å²) in [4.78, 5) is 39.4. The van der Waals surface area contributed by atoms with Gasteiger partial charge in [0.2, 0.25) is 5.91 Å². The van der Waals surface area contributed by atoms with E-state index in [-0.39, 0.29) is 5.70 Å². The number of urea groups is 1. The maximum atomic E-state index is 13.1. The Morgan fingerprint density at radius 1 is 1.10 bits per heavy atom. The topological polar surface area (TPSA) is 81.8 Å². The van der Waals surface area contributed by atoms with Crippen LogP contribution in [-0.4, -0.2) is 43.4 Å². The molecule has 0 aliphatic carbocycles. The predicted octanol–water partition coefficient (Wildman–Crippen LogP) is 3.30. The molecule has 1 heterocycles. The molecule has 7 nitrogen and oxygen atoms in total. The average Bonchev–Trinajstić information content (AvgIpc) is 2.95. The summed E-state index contributed by atoms with van der Waals surface area (Å²) in [5.74, 6) is -1.68. The molecule has 1 saturated heterocycles. The molecular weight excluding hydrogens is 413 g/mol. The third-order valence-corrected chi connectivity index (χ3v) is 4.49. The fourth-order valence-electron chi connectivity index (χ4n) is 2.92. The Balaban J connectivity index is 1.71. The lowest BCUT2D eigenvalue weighted by Crippen LogP contribution is -2.38. The van der Waals surface area contributed by atoms with Gasteiger partial charge >= 0.3 is 12.2 Å². The van der Waals surface area contributed by atoms with Gasteiger partial charge in [-0.3, -0.25) is 9.59 Å². The molecular formula is C21H19F3N4O3. The SMILES string of the molecule is CN(C)c1ccc(C=C2NC(=O)N(CC(=O)Nc3ccccc3C(F)(F)F)C2=O)cc1. The quantitative estimate of drug-likeness (QED) is 0.561. The summed E-state index contributed by atoms with van der Waals surface area (Å²) in [6.07, 6.45) is -3.21. The van der Waals surface area contributed by atoms with Crippen molar-refractivity contribution in [2.75, 3.05) is 30.9 Å². The number of rotatable bonds is 5. The number of carbonyl (C=O) groups is 3. The van der Waals surface area contributed by atoms with Gasteiger partial charge in [-0.05, 0) is 35.9 Å². The molecule has 1 fully saturated rings. The minimum absolute atomic E-state index is 0.0360. The minimum atomic E-state index is -4.66. The summed E-state index contributed by atoms with van der Waals surface area (Å²) in [5.41, 5.74) is 0.0817. The number of nitrogens with zero attached hydrogens (tertiary/aromatic N) is 2. The first-order valence-electron chi connectivity index (χ1n) is 9.14. The Labute approximate surface area is 176 Å². The lowest BCUT2D eigenvalue weighted by atomic mass is 10.1. The van der Waals surface area contributed by atoms with Gasteiger partial charge in [0, 0.05) is 19.8 Å². The van der Waals surface area contributed by atoms with E-state index in [1.807, 2.05) is 31.1 Å². The molecule has 0 bridgehead atoms. The van der Waals surface area contributed by atoms with E-state index in [0.29, 0.717) is 10.5 Å². The number of amides is 4. The van der Waals surface area contributed by atoms with Crippen LogP contribution in [0.2, 0.25) is 0 Å². The number of alkyl halides is 3. The van der Waals surface area contributed by atoms with Gasteiger partial charge in [-0.1, -0.05) is 24.3 Å². The molecule has 31 heavy (non-hydrogen) atoms. The first-order chi connectivity index (χ1) is 14.6. The molecule has 10 heteroatoms. The lowest BCUT2D eigenvalue weighted by molar-refractivity contribution is -0.137. The van der Waals surface area contributed by atoms with Gasteiger partial charge in [0.05, 0.1) is 11.3 Å². The zero-order chi connectivity index (χ0) is 22.8. The van der Waals surface area contributed by atoms with Crippen molar-refractivity contribution in [1.82, 2.24) is 10.2 Å². The van der Waals surface area contributed by atoms with E-state index in [1.165, 1.54) is 18.2 Å². The van der Waals surface area contributed by atoms with Crippen LogP contribution < -0.4 is 15.5 Å². The van der Waals surface area contributed by atoms with Gasteiger partial charge in [-0.15, -0.1) is 0 Å². The maximum absolute atomic E-state index is 13.1. The van der Waals surface area contributed by atoms with Gasteiger partial charge in [0.1, 0.15) is 12.2 Å². The molecule has 0 radical (unpaired) electrons. The number of benzene rings is 2. The van der Waals surface area contributed by atoms with Crippen molar-refractivity contribution in [3.63, 3.8) is 0 Å². The number of hydrogen-bond acceptors (Lipinski definition) is 4. The first-order valence-corrected chi connectivity index (χ1v) is 9.14. The molecule has 2 N–H and O–H groups in total. The average molecular weight is 432 g/mol. The van der Waals surface area contributed by atoms with Crippen molar-refractivity contribution in [3.05, 3.63) is 65.4 Å². The van der Waals surface area contributed by atoms with Crippen molar-refractivity contribution in [2.24, 2.45) is 0 Å². The first kappa shape index (κ1) is 21.9. The van der Waals surface area contributed by atoms with E-state index in [4.69, 9.17) is 0 Å². The molecule has 0 atom stereocenters. The number of anilines is 2. The second kappa shape index (κ2) is 8.50. The number of carbonyl (C=O) groups excluding carboxylic acids is 3. The Bertz CT molecular complexity index is 1050. The molecule has 2 aromatic carbocycles. The van der Waals surface area contributed by atoms with Crippen LogP contribution in [0.1, 0.15) is 11.1 Å². The summed E-state index contributed by atoms with van der Waals surface area (Å²) >= 11 is 0. The van der Waals surface area contributed by atoms with Crippen LogP contribution in [0, 0.1) is 0 Å². The summed E-state index contributed by atoms with van der Waals surface area (Å²) in [6, 6.07) is 10.8. The number of hydrogen-bond donors (Lipinski definition) is 2. The monoisotopic (exact) mass is 432 g/mol. The van der Waals surface area contributed by atoms with E-state index in [1.54, 1.807) is 12.1 Å². The Morgan fingerprint density at radius 3 is 2.35 bits per heavy atom. The van der Waals surface area contributed by atoms with Crippen molar-refractivity contribution in [2.45, 2.75) is 6.18 Å². The van der Waals surface area contributed by atoms with Gasteiger partial charge in [-0.25, -0.2) is 9.69 Å². The Morgan fingerprint density at radius 2 is 1.74 bits per heavy atom. The van der Waals surface area contributed by atoms with Crippen LogP contribution in [0.15, 0.2) is 54.2 Å². The zero-order valence-corrected chi connectivity index (χ0v) is 16.7. The molecule has 0 saturated carbocycles. The standard InChI is InChI=1S/C21H19F3N4O3/c1-27(2)14-9-7-13(8-10-14)11-17-19(30)28(20(31)26-17)12-18(29)25-16-6-4-3-5-15(16)21(22,23)24/h3-11H,12H2,1-2H3,(H,25,29)(H,26,31). The third-order valence-electron chi connectivity index (χ3n) is 4.49. The van der Waals surface area contributed by atoms with E-state index in [9.17, 15) is 27.6 Å². The molecule has 2 aromatic rings. The van der Waals surface area contributed by atoms with Crippen molar-refractivity contribution >= 4 is 35.3 Å². The maximum Gasteiger partial charge on any atom is 0.418 e. The number of nitrogens with one attached hydrogen (secondary N) is 2. The largest absolute Gasteiger partial charge is 0.418 e. The molecule has 4 amide bonds. The van der Waals surface area contributed by atoms with Crippen molar-refractivity contribution < 1.29 is 27.6 Å². The third kappa shape index (κ3) is 5.03. The van der Waals surface area contributed by atoms with Crippen molar-refractivity contribution in [3.8, 4) is 0 Å². The van der Waals surface area contributed by atoms with Gasteiger partial charge in [0.15, 0.2) is 0 Å². The van der Waals surface area contributed by atoms with Crippen LogP contribution >= 0.6 is 0 Å². The number of para-hydroxylation sites is 1. The Kier molecular flexibility index (Phi) is 6.00. The number of halogens is 3. The van der Waals surface area contributed by atoms with Crippen molar-refractivity contribution in [1.29, 1.82) is 0 Å². The fourth-order valence-corrected chi connectivity index (χ4v) is 2.92. The second-order valence-electron chi connectivity index (χ2n) is 6.96. The van der Waals surface area contributed by atoms with E-state index < -0.39 is 41.8 Å². The number of imide groups is 1. The highest BCUT2D eigenvalue weighted by molar-refractivity contribution is 6.16. The van der Waals surface area contributed by atoms with Crippen LogP contribution in [-0.2, 0) is 15.8 Å². The molecule has 162 valence electrons. The summed E-state index contributed by atoms with van der Waals surface area (Å²) in [7, 11) is 3.76. The highest BCUT2D eigenvalue weighted by atomic mass is 19.4. The predicted molar refractivity (Wildman–Crippen MR) is 109 cm³/mol. The van der Waals surface area contributed by atoms with Gasteiger partial charge in [0.25, 0.3) is 5.91 Å². The van der Waals surface area contributed by atoms with E-state index >= 15 is 0 Å². The van der Waals surface area contributed by atoms with E-state index in [0.717, 1.165) is 17.8 Å². The normalized spacial score (nSPS) is 15.3. The second-order valence-corrected chi connectivity index (χ2v) is 6.96. The molecule has 3 rings (SSSR count). The Hall–Kier alpha value is -3.82. The lowest BCUT2D eigenvalue weighted by Gasteiger charge is -2.15. The van der Waals surface area contributed by atoms with Crippen LogP contribution in [0.3, 0.4) is 0 Å². The molecule has 0 unspecified atom stereocenters. The van der Waals surface area contributed by atoms with Crippen LogP contribution in [0.5, 0.6) is 0 Å². The highest BCUT2D eigenvalue weighted by Gasteiger charge is 2.36. The summed E-state index contributed by atoms with van der Waals surface area (Å²) < 4.78 is 39.2. The molecule has 1 aliphatic heterocycles. The molecule has 1 aliphatic rings. The van der Waals surface area contributed by atoms with Gasteiger partial charge < -0.3 is 15.5 Å². The van der Waals surface area contributed by atoms with E-state index in [2.05, 4.69) is 10.6 Å².